The van der Waals surface area contributed by atoms with Crippen LogP contribution < -0.4 is 5.69 Å². The second-order valence-electron chi connectivity index (χ2n) is 4.55. The number of halogens is 4. The molecule has 0 aliphatic carbocycles. The van der Waals surface area contributed by atoms with Crippen LogP contribution in [-0.2, 0) is 0 Å². The van der Waals surface area contributed by atoms with Gasteiger partial charge in [0.05, 0.1) is 16.4 Å². The van der Waals surface area contributed by atoms with Gasteiger partial charge in [-0.2, -0.15) is 0 Å². The summed E-state index contributed by atoms with van der Waals surface area (Å²) in [6.45, 7) is 0. The van der Waals surface area contributed by atoms with Crippen LogP contribution in [0.25, 0.3) is 11.0 Å². The first kappa shape index (κ1) is 13.8. The smallest absolute Gasteiger partial charge is 0.306 e. The van der Waals surface area contributed by atoms with Crippen LogP contribution in [0.1, 0.15) is 16.5 Å². The Hall–Kier alpha value is -2.21. The van der Waals surface area contributed by atoms with E-state index in [0.717, 1.165) is 12.1 Å². The van der Waals surface area contributed by atoms with Gasteiger partial charge in [-0.1, -0.05) is 6.07 Å². The molecule has 0 amide bonds. The Morgan fingerprint density at radius 1 is 0.905 bits per heavy atom. The Bertz CT molecular complexity index is 864. The third kappa shape index (κ3) is 2.42. The fraction of sp³-hybridized carbons (Fsp3) is 0.0714. The van der Waals surface area contributed by atoms with Gasteiger partial charge in [0.1, 0.15) is 0 Å². The standard InChI is InChI=1S/C14H8ClF3N2O/c15-12(7-3-8(16)13(18)9(17)4-7)6-1-2-10-11(5-6)20-14(21)19-10/h1-5,12H,(H2,19,20,21). The summed E-state index contributed by atoms with van der Waals surface area (Å²) in [4.78, 5) is 16.3. The van der Waals surface area contributed by atoms with E-state index in [-0.39, 0.29) is 11.3 Å². The predicted molar refractivity (Wildman–Crippen MR) is 72.9 cm³/mol. The third-order valence-electron chi connectivity index (χ3n) is 3.13. The Morgan fingerprint density at radius 3 is 2.19 bits per heavy atom. The lowest BCUT2D eigenvalue weighted by Crippen LogP contribution is -1.99. The highest BCUT2D eigenvalue weighted by atomic mass is 35.5. The van der Waals surface area contributed by atoms with E-state index in [1.54, 1.807) is 18.2 Å². The van der Waals surface area contributed by atoms with E-state index in [9.17, 15) is 18.0 Å². The van der Waals surface area contributed by atoms with Crippen molar-refractivity contribution in [2.45, 2.75) is 5.38 Å². The molecule has 0 saturated carbocycles. The fourth-order valence-corrected chi connectivity index (χ4v) is 2.38. The van der Waals surface area contributed by atoms with E-state index < -0.39 is 22.8 Å². The molecule has 21 heavy (non-hydrogen) atoms. The van der Waals surface area contributed by atoms with Crippen molar-refractivity contribution in [3.63, 3.8) is 0 Å². The zero-order valence-electron chi connectivity index (χ0n) is 10.4. The number of nitrogens with one attached hydrogen (secondary N) is 2. The van der Waals surface area contributed by atoms with Crippen LogP contribution in [0.15, 0.2) is 35.1 Å². The number of aromatic amines is 2. The van der Waals surface area contributed by atoms with Crippen LogP contribution in [0.2, 0.25) is 0 Å². The number of imidazole rings is 1. The van der Waals surface area contributed by atoms with Crippen LogP contribution in [-0.4, -0.2) is 9.97 Å². The van der Waals surface area contributed by atoms with Crippen molar-refractivity contribution in [2.75, 3.05) is 0 Å². The number of H-pyrrole nitrogens is 2. The second kappa shape index (κ2) is 4.96. The minimum absolute atomic E-state index is 0.0882. The molecular formula is C14H8ClF3N2O. The van der Waals surface area contributed by atoms with Crippen molar-refractivity contribution >= 4 is 22.6 Å². The molecule has 3 aromatic rings. The number of alkyl halides is 1. The first-order chi connectivity index (χ1) is 9.95. The molecule has 0 radical (unpaired) electrons. The lowest BCUT2D eigenvalue weighted by Gasteiger charge is -2.11. The highest BCUT2D eigenvalue weighted by molar-refractivity contribution is 6.22. The van der Waals surface area contributed by atoms with Gasteiger partial charge < -0.3 is 9.97 Å². The molecule has 0 saturated heterocycles. The maximum Gasteiger partial charge on any atom is 0.323 e. The molecule has 1 atom stereocenters. The van der Waals surface area contributed by atoms with Gasteiger partial charge in [-0.05, 0) is 35.4 Å². The summed E-state index contributed by atoms with van der Waals surface area (Å²) in [7, 11) is 0. The quantitative estimate of drug-likeness (QED) is 0.551. The van der Waals surface area contributed by atoms with Crippen LogP contribution in [0, 0.1) is 17.5 Å². The summed E-state index contributed by atoms with van der Waals surface area (Å²) in [6.07, 6.45) is 0. The van der Waals surface area contributed by atoms with Crippen LogP contribution in [0.3, 0.4) is 0 Å². The highest BCUT2D eigenvalue weighted by Crippen LogP contribution is 2.31. The summed E-state index contributed by atoms with van der Waals surface area (Å²) in [5.41, 5.74) is 1.34. The average Bonchev–Trinajstić information content (AvgIpc) is 2.82. The molecule has 3 rings (SSSR count). The van der Waals surface area contributed by atoms with Crippen molar-refractivity contribution in [1.29, 1.82) is 0 Å². The Morgan fingerprint density at radius 2 is 1.52 bits per heavy atom. The van der Waals surface area contributed by atoms with E-state index in [0.29, 0.717) is 16.6 Å². The number of fused-ring (bicyclic) bond motifs is 1. The largest absolute Gasteiger partial charge is 0.323 e. The Kier molecular flexibility index (Phi) is 3.25. The number of rotatable bonds is 2. The number of aromatic nitrogens is 2. The van der Waals surface area contributed by atoms with E-state index in [1.807, 2.05) is 0 Å². The molecule has 0 aliphatic rings. The Balaban J connectivity index is 2.07. The van der Waals surface area contributed by atoms with Crippen molar-refractivity contribution in [1.82, 2.24) is 9.97 Å². The minimum Gasteiger partial charge on any atom is -0.306 e. The van der Waals surface area contributed by atoms with Gasteiger partial charge in [0.25, 0.3) is 0 Å². The van der Waals surface area contributed by atoms with Crippen LogP contribution >= 0.6 is 11.6 Å². The molecule has 0 aliphatic heterocycles. The SMILES string of the molecule is O=c1[nH]c2ccc(C(Cl)c3cc(F)c(F)c(F)c3)cc2[nH]1. The third-order valence-corrected chi connectivity index (χ3v) is 3.64. The first-order valence-corrected chi connectivity index (χ1v) is 6.40. The van der Waals surface area contributed by atoms with E-state index in [4.69, 9.17) is 11.6 Å². The summed E-state index contributed by atoms with van der Waals surface area (Å²) < 4.78 is 39.4. The predicted octanol–water partition coefficient (Wildman–Crippen LogP) is 3.60. The molecule has 7 heteroatoms. The van der Waals surface area contributed by atoms with Crippen LogP contribution in [0.4, 0.5) is 13.2 Å². The summed E-state index contributed by atoms with van der Waals surface area (Å²) in [5.74, 6) is -4.13. The molecule has 0 fully saturated rings. The molecule has 1 heterocycles. The normalized spacial score (nSPS) is 12.8. The molecule has 108 valence electrons. The summed E-state index contributed by atoms with van der Waals surface area (Å²) in [5, 5.41) is -0.877. The molecule has 2 N–H and O–H groups in total. The van der Waals surface area contributed by atoms with Crippen molar-refractivity contribution in [3.05, 3.63) is 69.4 Å². The van der Waals surface area contributed by atoms with Gasteiger partial charge >= 0.3 is 5.69 Å². The maximum absolute atomic E-state index is 13.2. The minimum atomic E-state index is -1.53. The van der Waals surface area contributed by atoms with Gasteiger partial charge in [-0.3, -0.25) is 0 Å². The van der Waals surface area contributed by atoms with Gasteiger partial charge in [-0.25, -0.2) is 18.0 Å². The summed E-state index contributed by atoms with van der Waals surface area (Å²) in [6, 6.07) is 6.52. The molecule has 1 aromatic heterocycles. The molecule has 0 spiro atoms. The molecule has 3 nitrogen and oxygen atoms in total. The average molecular weight is 313 g/mol. The summed E-state index contributed by atoms with van der Waals surface area (Å²) >= 11 is 6.18. The molecular weight excluding hydrogens is 305 g/mol. The van der Waals surface area contributed by atoms with Crippen molar-refractivity contribution in [3.8, 4) is 0 Å². The highest BCUT2D eigenvalue weighted by Gasteiger charge is 2.17. The van der Waals surface area contributed by atoms with Gasteiger partial charge in [-0.15, -0.1) is 11.6 Å². The zero-order valence-corrected chi connectivity index (χ0v) is 11.1. The molecule has 0 bridgehead atoms. The van der Waals surface area contributed by atoms with Gasteiger partial charge in [0.15, 0.2) is 17.5 Å². The zero-order chi connectivity index (χ0) is 15.1. The number of hydrogen-bond acceptors (Lipinski definition) is 1. The Labute approximate surface area is 121 Å². The number of benzene rings is 2. The van der Waals surface area contributed by atoms with Crippen molar-refractivity contribution < 1.29 is 13.2 Å². The van der Waals surface area contributed by atoms with E-state index >= 15 is 0 Å². The van der Waals surface area contributed by atoms with Gasteiger partial charge in [0.2, 0.25) is 0 Å². The maximum atomic E-state index is 13.2. The second-order valence-corrected chi connectivity index (χ2v) is 4.98. The molecule has 1 unspecified atom stereocenters. The van der Waals surface area contributed by atoms with E-state index in [2.05, 4.69) is 9.97 Å². The fourth-order valence-electron chi connectivity index (χ4n) is 2.12. The van der Waals surface area contributed by atoms with E-state index in [1.165, 1.54) is 0 Å². The monoisotopic (exact) mass is 312 g/mol. The topological polar surface area (TPSA) is 48.6 Å². The lowest BCUT2D eigenvalue weighted by atomic mass is 10.0. The lowest BCUT2D eigenvalue weighted by molar-refractivity contribution is 0.445. The number of hydrogen-bond donors (Lipinski definition) is 2. The van der Waals surface area contributed by atoms with Gasteiger partial charge in [0, 0.05) is 0 Å². The van der Waals surface area contributed by atoms with Crippen LogP contribution in [0.5, 0.6) is 0 Å². The van der Waals surface area contributed by atoms with Crippen molar-refractivity contribution in [2.24, 2.45) is 0 Å². The molecule has 2 aromatic carbocycles. The first-order valence-electron chi connectivity index (χ1n) is 5.96.